The van der Waals surface area contributed by atoms with Crippen LogP contribution in [0.5, 0.6) is 0 Å². The van der Waals surface area contributed by atoms with E-state index in [4.69, 9.17) is 9.15 Å². The average molecular weight is 412 g/mol. The van der Waals surface area contributed by atoms with Gasteiger partial charge in [-0.2, -0.15) is 0 Å². The molecule has 1 aliphatic heterocycles. The highest BCUT2D eigenvalue weighted by atomic mass is 16.5. The molecule has 2 heterocycles. The number of nitrogens with one attached hydrogen (secondary N) is 1. The maximum absolute atomic E-state index is 12.5. The predicted octanol–water partition coefficient (Wildman–Crippen LogP) is 2.59. The molecule has 0 unspecified atom stereocenters. The smallest absolute Gasteiger partial charge is 0.329 e. The zero-order valence-corrected chi connectivity index (χ0v) is 16.9. The summed E-state index contributed by atoms with van der Waals surface area (Å²) in [5.74, 6) is -1.78. The van der Waals surface area contributed by atoms with E-state index in [0.717, 1.165) is 6.42 Å². The Balaban J connectivity index is 1.60. The Hall–Kier alpha value is -3.42. The number of esters is 1. The highest BCUT2D eigenvalue weighted by molar-refractivity contribution is 6.01. The van der Waals surface area contributed by atoms with Gasteiger partial charge < -0.3 is 19.4 Å². The monoisotopic (exact) mass is 412 g/mol. The molecule has 0 bridgehead atoms. The number of furan rings is 1. The van der Waals surface area contributed by atoms with E-state index in [0.29, 0.717) is 24.2 Å². The van der Waals surface area contributed by atoms with E-state index in [9.17, 15) is 19.2 Å². The van der Waals surface area contributed by atoms with Crippen molar-refractivity contribution in [2.75, 3.05) is 18.1 Å². The molecule has 0 radical (unpaired) electrons. The first-order valence-electron chi connectivity index (χ1n) is 9.81. The molecule has 3 rings (SSSR count). The van der Waals surface area contributed by atoms with Gasteiger partial charge in [0.15, 0.2) is 18.2 Å². The first kappa shape index (κ1) is 21.3. The molecule has 1 atom stereocenters. The van der Waals surface area contributed by atoms with E-state index in [1.54, 1.807) is 49.1 Å². The lowest BCUT2D eigenvalue weighted by Crippen LogP contribution is -2.45. The maximum atomic E-state index is 12.5. The van der Waals surface area contributed by atoms with Crippen LogP contribution in [0.15, 0.2) is 47.1 Å². The number of rotatable bonds is 8. The van der Waals surface area contributed by atoms with Gasteiger partial charge in [0.25, 0.3) is 5.91 Å². The Morgan fingerprint density at radius 1 is 1.20 bits per heavy atom. The average Bonchev–Trinajstić information content (AvgIpc) is 3.41. The molecule has 0 aliphatic carbocycles. The second-order valence-electron chi connectivity index (χ2n) is 7.40. The molecule has 158 valence electrons. The standard InChI is InChI=1S/C22H24N2O6/c1-14(2)20(23-21(27)18-8-5-11-29-18)22(28)30-13-17(25)15-6-3-7-16(12-15)24-10-4-9-19(24)26/h3,5-8,11-12,14,20H,4,9-10,13H2,1-2H3,(H,23,27)/t20-/m0/s1. The molecule has 0 spiro atoms. The summed E-state index contributed by atoms with van der Waals surface area (Å²) in [5, 5.41) is 2.57. The van der Waals surface area contributed by atoms with Gasteiger partial charge in [0.05, 0.1) is 6.26 Å². The Bertz CT molecular complexity index is 935. The third-order valence-electron chi connectivity index (χ3n) is 4.85. The van der Waals surface area contributed by atoms with Crippen LogP contribution in [0.1, 0.15) is 47.6 Å². The molecule has 0 saturated carbocycles. The minimum absolute atomic E-state index is 0.0260. The van der Waals surface area contributed by atoms with Crippen molar-refractivity contribution in [2.24, 2.45) is 5.92 Å². The lowest BCUT2D eigenvalue weighted by atomic mass is 10.0. The highest BCUT2D eigenvalue weighted by Gasteiger charge is 2.28. The van der Waals surface area contributed by atoms with Crippen LogP contribution in [0.3, 0.4) is 0 Å². The first-order valence-corrected chi connectivity index (χ1v) is 9.81. The van der Waals surface area contributed by atoms with Gasteiger partial charge in [0.2, 0.25) is 5.91 Å². The fraction of sp³-hybridized carbons (Fsp3) is 0.364. The van der Waals surface area contributed by atoms with Crippen molar-refractivity contribution >= 4 is 29.3 Å². The summed E-state index contributed by atoms with van der Waals surface area (Å²) in [6.45, 7) is 3.67. The number of carbonyl (C=O) groups excluding carboxylic acids is 4. The second-order valence-corrected chi connectivity index (χ2v) is 7.40. The number of amides is 2. The van der Waals surface area contributed by atoms with Crippen LogP contribution in [-0.4, -0.2) is 42.8 Å². The van der Waals surface area contributed by atoms with Gasteiger partial charge in [-0.3, -0.25) is 14.4 Å². The number of ketones is 1. The van der Waals surface area contributed by atoms with Crippen LogP contribution in [-0.2, 0) is 14.3 Å². The van der Waals surface area contributed by atoms with Gasteiger partial charge in [-0.05, 0) is 36.6 Å². The van der Waals surface area contributed by atoms with Crippen LogP contribution < -0.4 is 10.2 Å². The predicted molar refractivity (Wildman–Crippen MR) is 108 cm³/mol. The number of Topliss-reactive ketones (excluding diaryl/α,β-unsaturated/α-hetero) is 1. The Labute approximate surface area is 174 Å². The molecule has 1 N–H and O–H groups in total. The number of carbonyl (C=O) groups is 4. The lowest BCUT2D eigenvalue weighted by molar-refractivity contribution is -0.146. The zero-order valence-electron chi connectivity index (χ0n) is 16.9. The highest BCUT2D eigenvalue weighted by Crippen LogP contribution is 2.22. The second kappa shape index (κ2) is 9.39. The fourth-order valence-corrected chi connectivity index (χ4v) is 3.20. The number of benzene rings is 1. The normalized spacial score (nSPS) is 14.6. The van der Waals surface area contributed by atoms with Crippen LogP contribution in [0.2, 0.25) is 0 Å². The van der Waals surface area contributed by atoms with E-state index in [1.165, 1.54) is 12.3 Å². The topological polar surface area (TPSA) is 106 Å². The van der Waals surface area contributed by atoms with Crippen molar-refractivity contribution in [3.05, 3.63) is 54.0 Å². The summed E-state index contributed by atoms with van der Waals surface area (Å²) in [6, 6.07) is 8.82. The fourth-order valence-electron chi connectivity index (χ4n) is 3.20. The zero-order chi connectivity index (χ0) is 21.7. The Morgan fingerprint density at radius 3 is 2.63 bits per heavy atom. The summed E-state index contributed by atoms with van der Waals surface area (Å²) in [4.78, 5) is 50.7. The minimum Gasteiger partial charge on any atom is -0.459 e. The lowest BCUT2D eigenvalue weighted by Gasteiger charge is -2.20. The van der Waals surface area contributed by atoms with Gasteiger partial charge >= 0.3 is 5.97 Å². The van der Waals surface area contributed by atoms with Gasteiger partial charge in [-0.1, -0.05) is 26.0 Å². The molecule has 2 amide bonds. The van der Waals surface area contributed by atoms with Crippen molar-refractivity contribution in [1.82, 2.24) is 5.32 Å². The molecule has 1 fully saturated rings. The molecular formula is C22H24N2O6. The van der Waals surface area contributed by atoms with Crippen molar-refractivity contribution in [1.29, 1.82) is 0 Å². The van der Waals surface area contributed by atoms with E-state index < -0.39 is 30.3 Å². The van der Waals surface area contributed by atoms with Gasteiger partial charge in [0.1, 0.15) is 6.04 Å². The van der Waals surface area contributed by atoms with Crippen LogP contribution in [0.4, 0.5) is 5.69 Å². The molecule has 1 aromatic carbocycles. The van der Waals surface area contributed by atoms with Crippen molar-refractivity contribution in [3.8, 4) is 0 Å². The van der Waals surface area contributed by atoms with Gasteiger partial charge in [0, 0.05) is 24.2 Å². The number of anilines is 1. The Kier molecular flexibility index (Phi) is 6.66. The van der Waals surface area contributed by atoms with Crippen molar-refractivity contribution in [2.45, 2.75) is 32.7 Å². The number of ether oxygens (including phenoxy) is 1. The molecule has 8 heteroatoms. The van der Waals surface area contributed by atoms with Crippen LogP contribution >= 0.6 is 0 Å². The number of nitrogens with zero attached hydrogens (tertiary/aromatic N) is 1. The van der Waals surface area contributed by atoms with E-state index in [-0.39, 0.29) is 17.6 Å². The molecule has 30 heavy (non-hydrogen) atoms. The van der Waals surface area contributed by atoms with Crippen molar-refractivity contribution < 1.29 is 28.3 Å². The number of hydrogen-bond donors (Lipinski definition) is 1. The maximum Gasteiger partial charge on any atom is 0.329 e. The van der Waals surface area contributed by atoms with Gasteiger partial charge in [-0.15, -0.1) is 0 Å². The molecule has 1 saturated heterocycles. The summed E-state index contributed by atoms with van der Waals surface area (Å²) < 4.78 is 10.2. The number of hydrogen-bond acceptors (Lipinski definition) is 6. The first-order chi connectivity index (χ1) is 14.4. The summed E-state index contributed by atoms with van der Waals surface area (Å²) in [5.41, 5.74) is 1.00. The van der Waals surface area contributed by atoms with Gasteiger partial charge in [-0.25, -0.2) is 4.79 Å². The molecule has 1 aliphatic rings. The third-order valence-corrected chi connectivity index (χ3v) is 4.85. The Morgan fingerprint density at radius 2 is 2.00 bits per heavy atom. The summed E-state index contributed by atoms with van der Waals surface area (Å²) in [6.07, 6.45) is 2.64. The quantitative estimate of drug-likeness (QED) is 0.528. The minimum atomic E-state index is -0.927. The molecule has 1 aromatic heterocycles. The summed E-state index contributed by atoms with van der Waals surface area (Å²) >= 11 is 0. The SMILES string of the molecule is CC(C)[C@H](NC(=O)c1ccco1)C(=O)OCC(=O)c1cccc(N2CCCC2=O)c1. The summed E-state index contributed by atoms with van der Waals surface area (Å²) in [7, 11) is 0. The van der Waals surface area contributed by atoms with E-state index >= 15 is 0 Å². The molecular weight excluding hydrogens is 388 g/mol. The molecule has 2 aromatic rings. The van der Waals surface area contributed by atoms with Crippen molar-refractivity contribution in [3.63, 3.8) is 0 Å². The third kappa shape index (κ3) is 4.94. The van der Waals surface area contributed by atoms with E-state index in [2.05, 4.69) is 5.32 Å². The van der Waals surface area contributed by atoms with Crippen LogP contribution in [0, 0.1) is 5.92 Å². The van der Waals surface area contributed by atoms with Crippen LogP contribution in [0.25, 0.3) is 0 Å². The largest absolute Gasteiger partial charge is 0.459 e. The molecule has 8 nitrogen and oxygen atoms in total. The van der Waals surface area contributed by atoms with E-state index in [1.807, 2.05) is 0 Å².